The van der Waals surface area contributed by atoms with E-state index in [-0.39, 0.29) is 11.5 Å². The van der Waals surface area contributed by atoms with Gasteiger partial charge in [-0.3, -0.25) is 4.90 Å². The number of likely N-dealkylation sites (tertiary alicyclic amines) is 1. The zero-order valence-corrected chi connectivity index (χ0v) is 15.2. The molecule has 4 nitrogen and oxygen atoms in total. The Morgan fingerprint density at radius 1 is 1.33 bits per heavy atom. The maximum absolute atomic E-state index is 12.0. The molecule has 1 heterocycles. The third-order valence-corrected chi connectivity index (χ3v) is 5.34. The van der Waals surface area contributed by atoms with E-state index in [0.29, 0.717) is 5.92 Å². The second-order valence-electron chi connectivity index (χ2n) is 8.46. The Bertz CT molecular complexity index is 567. The smallest absolute Gasteiger partial charge is 0.407 e. The monoisotopic (exact) mass is 330 g/mol. The molecule has 132 valence electrons. The van der Waals surface area contributed by atoms with Crippen molar-refractivity contribution < 1.29 is 9.53 Å². The van der Waals surface area contributed by atoms with Crippen molar-refractivity contribution in [2.45, 2.75) is 52.2 Å². The molecule has 1 aromatic carbocycles. The average Bonchev–Trinajstić information content (AvgIpc) is 3.01. The first kappa shape index (κ1) is 17.3. The second-order valence-corrected chi connectivity index (χ2v) is 8.46. The van der Waals surface area contributed by atoms with Gasteiger partial charge in [-0.15, -0.1) is 0 Å². The van der Waals surface area contributed by atoms with E-state index < -0.39 is 5.60 Å². The number of ether oxygens (including phenoxy) is 1. The van der Waals surface area contributed by atoms with Crippen molar-refractivity contribution in [3.05, 3.63) is 35.9 Å². The van der Waals surface area contributed by atoms with Crippen molar-refractivity contribution in [2.75, 3.05) is 19.6 Å². The molecule has 24 heavy (non-hydrogen) atoms. The summed E-state index contributed by atoms with van der Waals surface area (Å²) in [4.78, 5) is 14.6. The van der Waals surface area contributed by atoms with Gasteiger partial charge in [0.15, 0.2) is 0 Å². The molecule has 3 rings (SSSR count). The quantitative estimate of drug-likeness (QED) is 0.912. The van der Waals surface area contributed by atoms with Crippen LogP contribution in [0.2, 0.25) is 0 Å². The van der Waals surface area contributed by atoms with E-state index in [1.54, 1.807) is 0 Å². The number of fused-ring (bicyclic) bond motifs is 1. The summed E-state index contributed by atoms with van der Waals surface area (Å²) < 4.78 is 5.40. The normalized spacial score (nSPS) is 27.0. The van der Waals surface area contributed by atoms with Crippen molar-refractivity contribution in [1.82, 2.24) is 10.2 Å². The Morgan fingerprint density at radius 2 is 2.08 bits per heavy atom. The van der Waals surface area contributed by atoms with E-state index in [4.69, 9.17) is 4.74 Å². The fourth-order valence-electron chi connectivity index (χ4n) is 4.34. The molecule has 2 unspecified atom stereocenters. The Hall–Kier alpha value is -1.55. The molecule has 1 aromatic rings. The maximum Gasteiger partial charge on any atom is 0.407 e. The molecule has 1 saturated heterocycles. The molecule has 2 atom stereocenters. The largest absolute Gasteiger partial charge is 0.444 e. The van der Waals surface area contributed by atoms with E-state index in [2.05, 4.69) is 40.5 Å². The van der Waals surface area contributed by atoms with Crippen molar-refractivity contribution in [3.8, 4) is 0 Å². The van der Waals surface area contributed by atoms with Gasteiger partial charge in [0.05, 0.1) is 0 Å². The zero-order chi connectivity index (χ0) is 17.2. The van der Waals surface area contributed by atoms with E-state index in [1.165, 1.54) is 24.8 Å². The SMILES string of the molecule is CC(C)(C)OC(=O)NCC12CCCC1CN(Cc1ccccc1)C2. The van der Waals surface area contributed by atoms with Crippen LogP contribution in [0, 0.1) is 11.3 Å². The van der Waals surface area contributed by atoms with Crippen LogP contribution in [0.4, 0.5) is 4.79 Å². The van der Waals surface area contributed by atoms with Crippen molar-refractivity contribution in [3.63, 3.8) is 0 Å². The lowest BCUT2D eigenvalue weighted by Crippen LogP contribution is -2.42. The van der Waals surface area contributed by atoms with Crippen molar-refractivity contribution in [1.29, 1.82) is 0 Å². The van der Waals surface area contributed by atoms with Gasteiger partial charge in [-0.05, 0) is 45.1 Å². The highest BCUT2D eigenvalue weighted by molar-refractivity contribution is 5.67. The van der Waals surface area contributed by atoms with Gasteiger partial charge >= 0.3 is 6.09 Å². The topological polar surface area (TPSA) is 41.6 Å². The lowest BCUT2D eigenvalue weighted by Gasteiger charge is -2.30. The number of benzene rings is 1. The summed E-state index contributed by atoms with van der Waals surface area (Å²) in [5.41, 5.74) is 1.16. The summed E-state index contributed by atoms with van der Waals surface area (Å²) in [6, 6.07) is 10.7. The number of carbonyl (C=O) groups excluding carboxylic acids is 1. The number of alkyl carbamates (subject to hydrolysis) is 1. The summed E-state index contributed by atoms with van der Waals surface area (Å²) in [5.74, 6) is 0.691. The predicted molar refractivity (Wildman–Crippen MR) is 95.7 cm³/mol. The fraction of sp³-hybridized carbons (Fsp3) is 0.650. The molecule has 2 aliphatic rings. The van der Waals surface area contributed by atoms with Crippen LogP contribution in [0.25, 0.3) is 0 Å². The molecule has 1 aliphatic carbocycles. The highest BCUT2D eigenvalue weighted by atomic mass is 16.6. The standard InChI is InChI=1S/C20H30N2O2/c1-19(2,3)24-18(23)21-14-20-11-7-10-17(20)13-22(15-20)12-16-8-5-4-6-9-16/h4-6,8-9,17H,7,10-15H2,1-3H3,(H,21,23). The Morgan fingerprint density at radius 3 is 2.79 bits per heavy atom. The molecule has 0 aromatic heterocycles. The van der Waals surface area contributed by atoms with E-state index in [9.17, 15) is 4.79 Å². The predicted octanol–water partition coefficient (Wildman–Crippen LogP) is 3.81. The fourth-order valence-corrected chi connectivity index (χ4v) is 4.34. The third-order valence-electron chi connectivity index (χ3n) is 5.34. The highest BCUT2D eigenvalue weighted by Crippen LogP contribution is 2.48. The molecule has 0 spiro atoms. The van der Waals surface area contributed by atoms with Crippen LogP contribution >= 0.6 is 0 Å². The highest BCUT2D eigenvalue weighted by Gasteiger charge is 2.49. The molecular formula is C20H30N2O2. The summed E-state index contributed by atoms with van der Waals surface area (Å²) in [6.45, 7) is 9.66. The van der Waals surface area contributed by atoms with E-state index in [1.807, 2.05) is 20.8 Å². The van der Waals surface area contributed by atoms with Gasteiger partial charge in [0.1, 0.15) is 5.60 Å². The molecular weight excluding hydrogens is 300 g/mol. The summed E-state index contributed by atoms with van der Waals surface area (Å²) in [5, 5.41) is 3.04. The summed E-state index contributed by atoms with van der Waals surface area (Å²) in [6.07, 6.45) is 3.48. The first-order valence-corrected chi connectivity index (χ1v) is 9.09. The molecule has 0 bridgehead atoms. The number of hydrogen-bond acceptors (Lipinski definition) is 3. The Labute approximate surface area is 145 Å². The van der Waals surface area contributed by atoms with Crippen LogP contribution in [-0.2, 0) is 11.3 Å². The number of carbonyl (C=O) groups is 1. The third kappa shape index (κ3) is 4.10. The number of hydrogen-bond donors (Lipinski definition) is 1. The first-order valence-electron chi connectivity index (χ1n) is 9.09. The minimum absolute atomic E-state index is 0.228. The minimum Gasteiger partial charge on any atom is -0.444 e. The van der Waals surface area contributed by atoms with E-state index in [0.717, 1.165) is 26.2 Å². The second kappa shape index (κ2) is 6.75. The van der Waals surface area contributed by atoms with Crippen molar-refractivity contribution >= 4 is 6.09 Å². The lowest BCUT2D eigenvalue weighted by molar-refractivity contribution is 0.0494. The van der Waals surface area contributed by atoms with E-state index >= 15 is 0 Å². The van der Waals surface area contributed by atoms with Crippen LogP contribution in [-0.4, -0.2) is 36.2 Å². The van der Waals surface area contributed by atoms with Gasteiger partial charge in [-0.25, -0.2) is 4.79 Å². The molecule has 2 fully saturated rings. The van der Waals surface area contributed by atoms with Gasteiger partial charge in [0.25, 0.3) is 0 Å². The van der Waals surface area contributed by atoms with Crippen LogP contribution in [0.5, 0.6) is 0 Å². The maximum atomic E-state index is 12.0. The van der Waals surface area contributed by atoms with Crippen LogP contribution in [0.3, 0.4) is 0 Å². The molecule has 1 amide bonds. The molecule has 1 aliphatic heterocycles. The lowest BCUT2D eigenvalue weighted by atomic mass is 9.81. The van der Waals surface area contributed by atoms with Gasteiger partial charge in [-0.1, -0.05) is 36.8 Å². The Kier molecular flexibility index (Phi) is 4.86. The summed E-state index contributed by atoms with van der Waals surface area (Å²) in [7, 11) is 0. The van der Waals surface area contributed by atoms with Crippen molar-refractivity contribution in [2.24, 2.45) is 11.3 Å². The number of rotatable bonds is 4. The van der Waals surface area contributed by atoms with Gasteiger partial charge in [-0.2, -0.15) is 0 Å². The average molecular weight is 330 g/mol. The number of nitrogens with zero attached hydrogens (tertiary/aromatic N) is 1. The molecule has 4 heteroatoms. The summed E-state index contributed by atoms with van der Waals surface area (Å²) >= 11 is 0. The van der Waals surface area contributed by atoms with Gasteiger partial charge in [0, 0.05) is 31.6 Å². The van der Waals surface area contributed by atoms with Gasteiger partial charge in [0.2, 0.25) is 0 Å². The number of nitrogens with one attached hydrogen (secondary N) is 1. The van der Waals surface area contributed by atoms with Crippen LogP contribution in [0.15, 0.2) is 30.3 Å². The zero-order valence-electron chi connectivity index (χ0n) is 15.2. The molecule has 0 radical (unpaired) electrons. The number of amides is 1. The first-order chi connectivity index (χ1) is 11.4. The van der Waals surface area contributed by atoms with Gasteiger partial charge < -0.3 is 10.1 Å². The van der Waals surface area contributed by atoms with Crippen LogP contribution in [0.1, 0.15) is 45.6 Å². The Balaban J connectivity index is 1.58. The molecule has 1 saturated carbocycles. The minimum atomic E-state index is -0.439. The molecule has 1 N–H and O–H groups in total. The van der Waals surface area contributed by atoms with Crippen LogP contribution < -0.4 is 5.32 Å².